The second kappa shape index (κ2) is 7.54. The van der Waals surface area contributed by atoms with Gasteiger partial charge < -0.3 is 11.1 Å². The largest absolute Gasteiger partial charge is 0.389 e. The van der Waals surface area contributed by atoms with E-state index in [4.69, 9.17) is 18.0 Å². The summed E-state index contributed by atoms with van der Waals surface area (Å²) in [6.45, 7) is 3.12. The van der Waals surface area contributed by atoms with Gasteiger partial charge >= 0.3 is 0 Å². The maximum atomic E-state index is 14.2. The van der Waals surface area contributed by atoms with Crippen LogP contribution < -0.4 is 11.1 Å². The van der Waals surface area contributed by atoms with Gasteiger partial charge in [-0.2, -0.15) is 0 Å². The molecule has 0 bridgehead atoms. The molecule has 1 saturated carbocycles. The average molecular weight is 373 g/mol. The fourth-order valence-corrected chi connectivity index (χ4v) is 3.97. The lowest BCUT2D eigenvalue weighted by atomic mass is 9.81. The third-order valence-electron chi connectivity index (χ3n) is 4.26. The summed E-state index contributed by atoms with van der Waals surface area (Å²) in [7, 11) is 0. The molecule has 0 spiro atoms. The summed E-state index contributed by atoms with van der Waals surface area (Å²) in [6, 6.07) is 3.46. The van der Waals surface area contributed by atoms with Gasteiger partial charge in [0, 0.05) is 12.1 Å². The highest BCUT2D eigenvalue weighted by molar-refractivity contribution is 9.10. The fraction of sp³-hybridized carbons (Fsp3) is 0.562. The Bertz CT molecular complexity index is 521. The van der Waals surface area contributed by atoms with Gasteiger partial charge in [0.15, 0.2) is 5.82 Å². The molecule has 0 aliphatic heterocycles. The van der Waals surface area contributed by atoms with Gasteiger partial charge in [-0.3, -0.25) is 0 Å². The van der Waals surface area contributed by atoms with E-state index in [0.717, 1.165) is 24.8 Å². The highest BCUT2D eigenvalue weighted by atomic mass is 79.9. The summed E-state index contributed by atoms with van der Waals surface area (Å²) in [4.78, 5) is 0.198. The van der Waals surface area contributed by atoms with Crippen molar-refractivity contribution < 1.29 is 4.39 Å². The van der Waals surface area contributed by atoms with E-state index in [-0.39, 0.29) is 10.8 Å². The summed E-state index contributed by atoms with van der Waals surface area (Å²) in [5.41, 5.74) is 6.60. The van der Waals surface area contributed by atoms with Gasteiger partial charge in [0.2, 0.25) is 0 Å². The minimum atomic E-state index is -0.322. The third-order valence-corrected chi connectivity index (χ3v) is 5.26. The van der Waals surface area contributed by atoms with Crippen LogP contribution in [0.4, 0.5) is 10.1 Å². The molecule has 0 amide bonds. The van der Waals surface area contributed by atoms with Crippen molar-refractivity contribution in [3.05, 3.63) is 28.0 Å². The molecule has 1 aliphatic carbocycles. The number of nitrogens with two attached hydrogens (primary N) is 1. The van der Waals surface area contributed by atoms with Crippen LogP contribution in [0, 0.1) is 17.7 Å². The van der Waals surface area contributed by atoms with Crippen LogP contribution in [0.25, 0.3) is 0 Å². The molecule has 1 aromatic carbocycles. The Morgan fingerprint density at radius 2 is 2.24 bits per heavy atom. The molecule has 1 aliphatic rings. The quantitative estimate of drug-likeness (QED) is 0.725. The molecule has 116 valence electrons. The Morgan fingerprint density at radius 3 is 2.90 bits per heavy atom. The second-order valence-corrected chi connectivity index (χ2v) is 7.24. The Kier molecular flexibility index (Phi) is 5.99. The van der Waals surface area contributed by atoms with Crippen molar-refractivity contribution in [1.29, 1.82) is 0 Å². The number of thiocarbonyl (C=S) groups is 1. The van der Waals surface area contributed by atoms with Crippen LogP contribution in [0.1, 0.15) is 44.6 Å². The molecular formula is C16H22BrFN2S. The second-order valence-electron chi connectivity index (χ2n) is 6.01. The highest BCUT2D eigenvalue weighted by Gasteiger charge is 2.19. The van der Waals surface area contributed by atoms with E-state index in [0.29, 0.717) is 15.7 Å². The van der Waals surface area contributed by atoms with Crippen molar-refractivity contribution in [1.82, 2.24) is 0 Å². The molecule has 2 rings (SSSR count). The van der Waals surface area contributed by atoms with E-state index in [2.05, 4.69) is 28.2 Å². The molecule has 21 heavy (non-hydrogen) atoms. The smallest absolute Gasteiger partial charge is 0.161 e. The summed E-state index contributed by atoms with van der Waals surface area (Å²) in [5.74, 6) is 1.28. The first-order chi connectivity index (χ1) is 9.99. The Hall–Kier alpha value is -0.680. The molecular weight excluding hydrogens is 351 g/mol. The van der Waals surface area contributed by atoms with E-state index < -0.39 is 0 Å². The summed E-state index contributed by atoms with van der Waals surface area (Å²) < 4.78 is 14.6. The number of rotatable bonds is 5. The zero-order valence-electron chi connectivity index (χ0n) is 12.3. The third kappa shape index (κ3) is 4.39. The van der Waals surface area contributed by atoms with E-state index in [1.165, 1.54) is 25.7 Å². The van der Waals surface area contributed by atoms with Crippen molar-refractivity contribution in [2.75, 3.05) is 11.9 Å². The van der Waals surface area contributed by atoms with Crippen LogP contribution in [0.15, 0.2) is 16.6 Å². The van der Waals surface area contributed by atoms with Gasteiger partial charge in [-0.05, 0) is 52.7 Å². The lowest BCUT2D eigenvalue weighted by molar-refractivity contribution is 0.274. The molecule has 0 heterocycles. The molecule has 3 N–H and O–H groups in total. The van der Waals surface area contributed by atoms with Gasteiger partial charge in [-0.15, -0.1) is 0 Å². The monoisotopic (exact) mass is 372 g/mol. The predicted molar refractivity (Wildman–Crippen MR) is 94.2 cm³/mol. The Morgan fingerprint density at radius 1 is 1.48 bits per heavy atom. The molecule has 1 aromatic rings. The van der Waals surface area contributed by atoms with Crippen molar-refractivity contribution >= 4 is 38.8 Å². The lowest BCUT2D eigenvalue weighted by Crippen LogP contribution is -2.17. The molecule has 1 fully saturated rings. The van der Waals surface area contributed by atoms with E-state index >= 15 is 0 Å². The fourth-order valence-electron chi connectivity index (χ4n) is 3.11. The van der Waals surface area contributed by atoms with Gasteiger partial charge in [0.05, 0.1) is 10.2 Å². The van der Waals surface area contributed by atoms with Crippen LogP contribution in [0.3, 0.4) is 0 Å². The summed E-state index contributed by atoms with van der Waals surface area (Å²) in [6.07, 6.45) is 6.38. The van der Waals surface area contributed by atoms with Crippen LogP contribution >= 0.6 is 28.1 Å². The van der Waals surface area contributed by atoms with Crippen LogP contribution in [-0.2, 0) is 0 Å². The van der Waals surface area contributed by atoms with Crippen molar-refractivity contribution in [2.45, 2.75) is 39.0 Å². The summed E-state index contributed by atoms with van der Waals surface area (Å²) in [5, 5.41) is 3.19. The standard InChI is InChI=1S/C16H22BrFN2S/c1-10-3-2-4-11(9-10)7-8-20-13-6-5-12(16(19)21)14(17)15(13)18/h5-6,10-11,20H,2-4,7-9H2,1H3,(H2,19,21). The van der Waals surface area contributed by atoms with Crippen molar-refractivity contribution in [2.24, 2.45) is 17.6 Å². The minimum Gasteiger partial charge on any atom is -0.389 e. The maximum absolute atomic E-state index is 14.2. The van der Waals surface area contributed by atoms with Gasteiger partial charge in [0.1, 0.15) is 4.99 Å². The highest BCUT2D eigenvalue weighted by Crippen LogP contribution is 2.31. The van der Waals surface area contributed by atoms with Crippen LogP contribution in [-0.4, -0.2) is 11.5 Å². The number of hydrogen-bond acceptors (Lipinski definition) is 2. The topological polar surface area (TPSA) is 38.0 Å². The van der Waals surface area contributed by atoms with Gasteiger partial charge in [0.25, 0.3) is 0 Å². The van der Waals surface area contributed by atoms with Crippen LogP contribution in [0.5, 0.6) is 0 Å². The Labute approximate surface area is 139 Å². The number of benzene rings is 1. The molecule has 0 radical (unpaired) electrons. The van der Waals surface area contributed by atoms with Crippen molar-refractivity contribution in [3.8, 4) is 0 Å². The molecule has 0 saturated heterocycles. The zero-order valence-corrected chi connectivity index (χ0v) is 14.7. The Balaban J connectivity index is 1.91. The number of nitrogens with one attached hydrogen (secondary N) is 1. The van der Waals surface area contributed by atoms with Gasteiger partial charge in [-0.25, -0.2) is 4.39 Å². The first-order valence-electron chi connectivity index (χ1n) is 7.50. The van der Waals surface area contributed by atoms with E-state index in [1.54, 1.807) is 12.1 Å². The average Bonchev–Trinajstić information content (AvgIpc) is 2.43. The predicted octanol–water partition coefficient (Wildman–Crippen LogP) is 4.85. The normalized spacial score (nSPS) is 22.0. The number of halogens is 2. The minimum absolute atomic E-state index is 0.198. The molecule has 2 nitrogen and oxygen atoms in total. The molecule has 5 heteroatoms. The molecule has 2 unspecified atom stereocenters. The number of anilines is 1. The molecule has 2 atom stereocenters. The van der Waals surface area contributed by atoms with Gasteiger partial charge in [-0.1, -0.05) is 38.4 Å². The molecule has 0 aromatic heterocycles. The number of hydrogen-bond donors (Lipinski definition) is 2. The maximum Gasteiger partial charge on any atom is 0.161 e. The van der Waals surface area contributed by atoms with Crippen molar-refractivity contribution in [3.63, 3.8) is 0 Å². The first-order valence-corrected chi connectivity index (χ1v) is 8.70. The SMILES string of the molecule is CC1CCCC(CCNc2ccc(C(N)=S)c(Br)c2F)C1. The first kappa shape index (κ1) is 16.7. The van der Waals surface area contributed by atoms with E-state index in [1.807, 2.05) is 0 Å². The van der Waals surface area contributed by atoms with Crippen LogP contribution in [0.2, 0.25) is 0 Å². The van der Waals surface area contributed by atoms with E-state index in [9.17, 15) is 4.39 Å². The lowest BCUT2D eigenvalue weighted by Gasteiger charge is -2.26. The summed E-state index contributed by atoms with van der Waals surface area (Å²) >= 11 is 8.12. The zero-order chi connectivity index (χ0) is 15.4.